The van der Waals surface area contributed by atoms with E-state index in [0.29, 0.717) is 0 Å². The molecule has 21 heavy (non-hydrogen) atoms. The molecular formula is C18H18O2Si. The predicted molar refractivity (Wildman–Crippen MR) is 90.2 cm³/mol. The lowest BCUT2D eigenvalue weighted by Crippen LogP contribution is -2.36. The van der Waals surface area contributed by atoms with Gasteiger partial charge in [0.05, 0.1) is 0 Å². The van der Waals surface area contributed by atoms with Gasteiger partial charge in [-0.25, -0.2) is 0 Å². The van der Waals surface area contributed by atoms with E-state index in [1.165, 1.54) is 27.1 Å². The summed E-state index contributed by atoms with van der Waals surface area (Å²) in [5.41, 5.74) is 2.40. The quantitative estimate of drug-likeness (QED) is 0.688. The second-order valence-corrected chi connectivity index (χ2v) is 7.18. The molecule has 0 heterocycles. The Morgan fingerprint density at radius 2 is 1.38 bits per heavy atom. The van der Waals surface area contributed by atoms with Crippen LogP contribution in [0, 0.1) is 0 Å². The number of hydrogen-bond donors (Lipinski definition) is 0. The molecule has 3 rings (SSSR count). The Labute approximate surface area is 126 Å². The summed E-state index contributed by atoms with van der Waals surface area (Å²) in [6.07, 6.45) is 0. The van der Waals surface area contributed by atoms with Crippen LogP contribution in [0.4, 0.5) is 0 Å². The third-order valence-corrected chi connectivity index (χ3v) is 5.57. The van der Waals surface area contributed by atoms with Gasteiger partial charge in [-0.3, -0.25) is 0 Å². The third kappa shape index (κ3) is 2.76. The van der Waals surface area contributed by atoms with Crippen molar-refractivity contribution in [2.24, 2.45) is 0 Å². The molecule has 3 aromatic rings. The number of hydrogen-bond acceptors (Lipinski definition) is 2. The topological polar surface area (TPSA) is 18.5 Å². The van der Waals surface area contributed by atoms with E-state index in [1.54, 1.807) is 14.2 Å². The standard InChI is InChI=1S/C18H18O2Si/c1-19-21(20-2)18-10-6-5-9-17(18)16-12-11-14-7-3-4-8-15(14)13-16/h3-13,21H,1-2H3. The summed E-state index contributed by atoms with van der Waals surface area (Å²) in [6.45, 7) is 0. The van der Waals surface area contributed by atoms with Gasteiger partial charge in [-0.1, -0.05) is 60.7 Å². The highest BCUT2D eigenvalue weighted by molar-refractivity contribution is 6.63. The third-order valence-electron chi connectivity index (χ3n) is 3.70. The van der Waals surface area contributed by atoms with Crippen LogP contribution in [0.2, 0.25) is 0 Å². The van der Waals surface area contributed by atoms with E-state index in [-0.39, 0.29) is 0 Å². The van der Waals surface area contributed by atoms with E-state index in [1.807, 2.05) is 6.07 Å². The average Bonchev–Trinajstić information content (AvgIpc) is 2.56. The molecule has 0 aliphatic heterocycles. The van der Waals surface area contributed by atoms with Crippen molar-refractivity contribution in [1.82, 2.24) is 0 Å². The van der Waals surface area contributed by atoms with Crippen molar-refractivity contribution in [3.05, 3.63) is 66.7 Å². The molecule has 0 aliphatic rings. The minimum Gasteiger partial charge on any atom is -0.397 e. The van der Waals surface area contributed by atoms with Crippen LogP contribution < -0.4 is 5.19 Å². The van der Waals surface area contributed by atoms with Gasteiger partial charge in [0.15, 0.2) is 0 Å². The lowest BCUT2D eigenvalue weighted by Gasteiger charge is -2.16. The van der Waals surface area contributed by atoms with Gasteiger partial charge >= 0.3 is 9.28 Å². The van der Waals surface area contributed by atoms with Gasteiger partial charge in [0.1, 0.15) is 0 Å². The fourth-order valence-corrected chi connectivity index (χ4v) is 4.16. The lowest BCUT2D eigenvalue weighted by molar-refractivity contribution is 0.292. The first kappa shape index (κ1) is 14.0. The van der Waals surface area contributed by atoms with E-state index in [4.69, 9.17) is 8.85 Å². The molecule has 0 aliphatic carbocycles. The summed E-state index contributed by atoms with van der Waals surface area (Å²) >= 11 is 0. The van der Waals surface area contributed by atoms with E-state index >= 15 is 0 Å². The van der Waals surface area contributed by atoms with Crippen LogP contribution in [0.1, 0.15) is 0 Å². The second-order valence-electron chi connectivity index (χ2n) is 4.95. The SMILES string of the molecule is CO[SiH](OC)c1ccccc1-c1ccc2ccccc2c1. The maximum absolute atomic E-state index is 5.55. The van der Waals surface area contributed by atoms with Crippen LogP contribution in [-0.2, 0) is 8.85 Å². The molecule has 0 saturated carbocycles. The molecule has 3 heteroatoms. The van der Waals surface area contributed by atoms with Crippen LogP contribution in [0.5, 0.6) is 0 Å². The maximum Gasteiger partial charge on any atom is 0.355 e. The van der Waals surface area contributed by atoms with Crippen molar-refractivity contribution in [1.29, 1.82) is 0 Å². The highest BCUT2D eigenvalue weighted by Crippen LogP contribution is 2.23. The molecule has 0 N–H and O–H groups in total. The van der Waals surface area contributed by atoms with E-state index in [0.717, 1.165) is 0 Å². The monoisotopic (exact) mass is 294 g/mol. The number of rotatable bonds is 4. The maximum atomic E-state index is 5.55. The Bertz CT molecular complexity index is 751. The highest BCUT2D eigenvalue weighted by Gasteiger charge is 2.17. The van der Waals surface area contributed by atoms with Crippen molar-refractivity contribution in [3.8, 4) is 11.1 Å². The Hall–Kier alpha value is -1.94. The number of fused-ring (bicyclic) bond motifs is 1. The molecule has 0 aromatic heterocycles. The summed E-state index contributed by atoms with van der Waals surface area (Å²) in [4.78, 5) is 0. The zero-order chi connectivity index (χ0) is 14.7. The minimum absolute atomic E-state index is 1.18. The molecule has 0 saturated heterocycles. The summed E-state index contributed by atoms with van der Waals surface area (Å²) in [6, 6.07) is 23.3. The largest absolute Gasteiger partial charge is 0.397 e. The first-order valence-electron chi connectivity index (χ1n) is 6.97. The van der Waals surface area contributed by atoms with Gasteiger partial charge in [0, 0.05) is 14.2 Å². The number of benzene rings is 3. The first-order valence-corrected chi connectivity index (χ1v) is 8.49. The summed E-state index contributed by atoms with van der Waals surface area (Å²) in [5.74, 6) is 0. The molecule has 3 aromatic carbocycles. The molecule has 0 bridgehead atoms. The predicted octanol–water partition coefficient (Wildman–Crippen LogP) is 3.23. The molecule has 0 fully saturated rings. The molecule has 106 valence electrons. The average molecular weight is 294 g/mol. The lowest BCUT2D eigenvalue weighted by atomic mass is 10.0. The summed E-state index contributed by atoms with van der Waals surface area (Å²) < 4.78 is 11.1. The van der Waals surface area contributed by atoms with Crippen molar-refractivity contribution >= 4 is 25.2 Å². The van der Waals surface area contributed by atoms with Crippen molar-refractivity contribution < 1.29 is 8.85 Å². The van der Waals surface area contributed by atoms with Crippen LogP contribution >= 0.6 is 0 Å². The highest BCUT2D eigenvalue weighted by atomic mass is 28.3. The molecule has 0 spiro atoms. The summed E-state index contributed by atoms with van der Waals surface area (Å²) in [7, 11) is 1.62. The van der Waals surface area contributed by atoms with Crippen LogP contribution in [0.15, 0.2) is 66.7 Å². The van der Waals surface area contributed by atoms with Crippen molar-refractivity contribution in [2.45, 2.75) is 0 Å². The molecule has 0 amide bonds. The first-order chi connectivity index (χ1) is 10.3. The molecular weight excluding hydrogens is 276 g/mol. The van der Waals surface area contributed by atoms with Crippen LogP contribution in [0.25, 0.3) is 21.9 Å². The second kappa shape index (κ2) is 6.22. The van der Waals surface area contributed by atoms with E-state index in [9.17, 15) is 0 Å². The fraction of sp³-hybridized carbons (Fsp3) is 0.111. The molecule has 0 radical (unpaired) electrons. The Kier molecular flexibility index (Phi) is 4.15. The Morgan fingerprint density at radius 1 is 0.714 bits per heavy atom. The zero-order valence-corrected chi connectivity index (χ0v) is 13.4. The van der Waals surface area contributed by atoms with Gasteiger partial charge < -0.3 is 8.85 Å². The zero-order valence-electron chi connectivity index (χ0n) is 12.2. The Balaban J connectivity index is 2.14. The normalized spacial score (nSPS) is 11.2. The summed E-state index contributed by atoms with van der Waals surface area (Å²) in [5, 5.41) is 3.68. The van der Waals surface area contributed by atoms with Gasteiger partial charge in [-0.05, 0) is 33.2 Å². The molecule has 0 unspecified atom stereocenters. The van der Waals surface area contributed by atoms with Gasteiger partial charge in [0.25, 0.3) is 0 Å². The Morgan fingerprint density at radius 3 is 2.14 bits per heavy atom. The van der Waals surface area contributed by atoms with Crippen molar-refractivity contribution in [3.63, 3.8) is 0 Å². The smallest absolute Gasteiger partial charge is 0.355 e. The molecule has 2 nitrogen and oxygen atoms in total. The van der Waals surface area contributed by atoms with Crippen LogP contribution in [0.3, 0.4) is 0 Å². The minimum atomic E-state index is -1.82. The van der Waals surface area contributed by atoms with Crippen molar-refractivity contribution in [2.75, 3.05) is 14.2 Å². The van der Waals surface area contributed by atoms with Gasteiger partial charge in [0.2, 0.25) is 0 Å². The van der Waals surface area contributed by atoms with E-state index < -0.39 is 9.28 Å². The van der Waals surface area contributed by atoms with Crippen LogP contribution in [-0.4, -0.2) is 23.5 Å². The van der Waals surface area contributed by atoms with Gasteiger partial charge in [-0.15, -0.1) is 0 Å². The van der Waals surface area contributed by atoms with E-state index in [2.05, 4.69) is 60.7 Å². The molecule has 0 atom stereocenters. The van der Waals surface area contributed by atoms with Gasteiger partial charge in [-0.2, -0.15) is 0 Å². The fourth-order valence-electron chi connectivity index (χ4n) is 2.67.